The topological polar surface area (TPSA) is 119 Å². The van der Waals surface area contributed by atoms with Crippen LogP contribution in [0, 0.1) is 5.92 Å². The molecule has 1 saturated carbocycles. The zero-order chi connectivity index (χ0) is 27.5. The molecule has 0 radical (unpaired) electrons. The molecule has 0 aliphatic heterocycles. The maximum Gasteiger partial charge on any atom is 0.408 e. The van der Waals surface area contributed by atoms with E-state index >= 15 is 0 Å². The number of rotatable bonds is 12. The monoisotopic (exact) mass is 538 g/mol. The average Bonchev–Trinajstić information content (AvgIpc) is 2.87. The van der Waals surface area contributed by atoms with Gasteiger partial charge in [0, 0.05) is 39.1 Å². The number of carbonyl (C=O) groups is 4. The lowest BCUT2D eigenvalue weighted by atomic mass is 9.84. The van der Waals surface area contributed by atoms with E-state index in [0.717, 1.165) is 42.1 Å². The molecule has 2 rings (SSSR count). The summed E-state index contributed by atoms with van der Waals surface area (Å²) in [5, 5.41) is 14.3. The highest BCUT2D eigenvalue weighted by atomic mass is 35.5. The van der Waals surface area contributed by atoms with Crippen molar-refractivity contribution in [2.24, 2.45) is 5.92 Å². The van der Waals surface area contributed by atoms with Crippen LogP contribution in [0.2, 0.25) is 5.02 Å². The van der Waals surface area contributed by atoms with Gasteiger partial charge in [-0.15, -0.1) is 0 Å². The summed E-state index contributed by atoms with van der Waals surface area (Å²) in [5.74, 6) is -1.11. The third-order valence-corrected chi connectivity index (χ3v) is 7.03. The largest absolute Gasteiger partial charge is 0.465 e. The molecule has 1 aromatic rings. The van der Waals surface area contributed by atoms with Crippen molar-refractivity contribution >= 4 is 35.4 Å². The van der Waals surface area contributed by atoms with Gasteiger partial charge in [-0.25, -0.2) is 9.86 Å². The van der Waals surface area contributed by atoms with Gasteiger partial charge in [-0.2, -0.15) is 0 Å². The second kappa shape index (κ2) is 14.8. The van der Waals surface area contributed by atoms with Crippen LogP contribution in [0.3, 0.4) is 0 Å². The minimum Gasteiger partial charge on any atom is -0.465 e. The minimum atomic E-state index is -1.24. The van der Waals surface area contributed by atoms with E-state index in [9.17, 15) is 24.3 Å². The highest BCUT2D eigenvalue weighted by molar-refractivity contribution is 6.30. The first-order chi connectivity index (χ1) is 17.5. The van der Waals surface area contributed by atoms with Crippen molar-refractivity contribution in [1.29, 1.82) is 0 Å². The van der Waals surface area contributed by atoms with E-state index in [1.807, 2.05) is 0 Å². The van der Waals surface area contributed by atoms with Crippen LogP contribution in [0.5, 0.6) is 0 Å². The number of likely N-dealkylation sites (N-methyl/N-ethyl adjacent to an activating group) is 1. The van der Waals surface area contributed by atoms with E-state index in [1.54, 1.807) is 38.4 Å². The van der Waals surface area contributed by atoms with Crippen molar-refractivity contribution < 1.29 is 29.1 Å². The quantitative estimate of drug-likeness (QED) is 0.393. The zero-order valence-electron chi connectivity index (χ0n) is 22.1. The Balaban J connectivity index is 2.33. The number of hydroxylamine groups is 2. The molecule has 0 unspecified atom stereocenters. The number of halogens is 1. The number of amides is 4. The molecule has 37 heavy (non-hydrogen) atoms. The van der Waals surface area contributed by atoms with Crippen LogP contribution in [-0.2, 0) is 25.8 Å². The van der Waals surface area contributed by atoms with E-state index in [1.165, 1.54) is 19.1 Å². The fraction of sp³-hybridized carbons (Fsp3) is 0.615. The molecule has 1 aliphatic rings. The molecule has 4 amide bonds. The molecule has 11 heteroatoms. The molecule has 0 saturated heterocycles. The summed E-state index contributed by atoms with van der Waals surface area (Å²) in [6.07, 6.45) is 4.21. The van der Waals surface area contributed by atoms with Gasteiger partial charge < -0.3 is 15.3 Å². The van der Waals surface area contributed by atoms with Crippen LogP contribution in [0.15, 0.2) is 24.3 Å². The summed E-state index contributed by atoms with van der Waals surface area (Å²) in [4.78, 5) is 58.7. The van der Waals surface area contributed by atoms with Crippen LogP contribution >= 0.6 is 11.6 Å². The number of hydrogen-bond donors (Lipinski definition) is 2. The van der Waals surface area contributed by atoms with Gasteiger partial charge in [-0.1, -0.05) is 55.8 Å². The van der Waals surface area contributed by atoms with Gasteiger partial charge in [0.1, 0.15) is 12.1 Å². The van der Waals surface area contributed by atoms with Gasteiger partial charge in [0.15, 0.2) is 0 Å². The standard InChI is InChI=1S/C26H39ClN4O6/c1-29(2)23(32)14-13-21(25(34)30(3)37-4)28-24(33)22(16-18-9-6-5-7-10-18)31(26(35)36)17-19-11-8-12-20(27)15-19/h8,11-12,15,18,21-22H,5-7,9-10,13-14,16-17H2,1-4H3,(H,28,33)(H,35,36)/t21-,22-/m0/s1. The number of hydrogen-bond acceptors (Lipinski definition) is 5. The van der Waals surface area contributed by atoms with Crippen LogP contribution < -0.4 is 5.32 Å². The predicted octanol–water partition coefficient (Wildman–Crippen LogP) is 3.53. The summed E-state index contributed by atoms with van der Waals surface area (Å²) >= 11 is 6.10. The van der Waals surface area contributed by atoms with Crippen LogP contribution in [0.25, 0.3) is 0 Å². The van der Waals surface area contributed by atoms with Crippen molar-refractivity contribution in [2.75, 3.05) is 28.3 Å². The maximum atomic E-state index is 13.7. The smallest absolute Gasteiger partial charge is 0.408 e. The summed E-state index contributed by atoms with van der Waals surface area (Å²) in [7, 11) is 5.96. The Kier molecular flexibility index (Phi) is 12.1. The van der Waals surface area contributed by atoms with Crippen molar-refractivity contribution in [1.82, 2.24) is 20.2 Å². The Labute approximate surface area is 223 Å². The zero-order valence-corrected chi connectivity index (χ0v) is 22.9. The molecular weight excluding hydrogens is 500 g/mol. The molecule has 10 nitrogen and oxygen atoms in total. The Hall–Kier alpha value is -2.85. The first-order valence-electron chi connectivity index (χ1n) is 12.6. The van der Waals surface area contributed by atoms with Crippen molar-refractivity contribution in [3.8, 4) is 0 Å². The summed E-state index contributed by atoms with van der Waals surface area (Å²) < 4.78 is 0. The summed E-state index contributed by atoms with van der Waals surface area (Å²) in [6, 6.07) is 4.76. The van der Waals surface area contributed by atoms with Crippen molar-refractivity contribution in [3.63, 3.8) is 0 Å². The first kappa shape index (κ1) is 30.4. The van der Waals surface area contributed by atoms with Gasteiger partial charge in [-0.3, -0.25) is 24.1 Å². The van der Waals surface area contributed by atoms with Crippen LogP contribution in [-0.4, -0.2) is 84.1 Å². The average molecular weight is 539 g/mol. The molecule has 1 aromatic carbocycles. The molecule has 0 aromatic heterocycles. The van der Waals surface area contributed by atoms with Crippen LogP contribution in [0.1, 0.15) is 56.9 Å². The third kappa shape index (κ3) is 9.51. The second-order valence-corrected chi connectivity index (χ2v) is 10.1. The predicted molar refractivity (Wildman–Crippen MR) is 140 cm³/mol. The van der Waals surface area contributed by atoms with Crippen molar-refractivity contribution in [3.05, 3.63) is 34.9 Å². The molecule has 1 aliphatic carbocycles. The number of benzene rings is 1. The molecule has 1 fully saturated rings. The van der Waals surface area contributed by atoms with Gasteiger partial charge in [0.2, 0.25) is 11.8 Å². The molecule has 2 N–H and O–H groups in total. The second-order valence-electron chi connectivity index (χ2n) is 9.70. The van der Waals surface area contributed by atoms with Gasteiger partial charge in [0.05, 0.1) is 7.11 Å². The molecule has 206 valence electrons. The fourth-order valence-corrected chi connectivity index (χ4v) is 4.80. The lowest BCUT2D eigenvalue weighted by Crippen LogP contribution is -2.55. The highest BCUT2D eigenvalue weighted by Gasteiger charge is 2.35. The van der Waals surface area contributed by atoms with Gasteiger partial charge >= 0.3 is 6.09 Å². The van der Waals surface area contributed by atoms with E-state index < -0.39 is 30.0 Å². The Bertz CT molecular complexity index is 937. The van der Waals surface area contributed by atoms with E-state index in [4.69, 9.17) is 16.4 Å². The normalized spacial score (nSPS) is 15.4. The lowest BCUT2D eigenvalue weighted by Gasteiger charge is -2.34. The Morgan fingerprint density at radius 2 is 1.81 bits per heavy atom. The van der Waals surface area contributed by atoms with E-state index in [-0.39, 0.29) is 31.2 Å². The molecule has 0 heterocycles. The molecule has 0 spiro atoms. The minimum absolute atomic E-state index is 0.0275. The lowest BCUT2D eigenvalue weighted by molar-refractivity contribution is -0.172. The Morgan fingerprint density at radius 3 is 2.38 bits per heavy atom. The summed E-state index contributed by atoms with van der Waals surface area (Å²) in [5.41, 5.74) is 0.652. The van der Waals surface area contributed by atoms with Crippen LogP contribution in [0.4, 0.5) is 4.79 Å². The van der Waals surface area contributed by atoms with E-state index in [0.29, 0.717) is 17.0 Å². The number of carbonyl (C=O) groups excluding carboxylic acids is 3. The summed E-state index contributed by atoms with van der Waals surface area (Å²) in [6.45, 7) is -0.0313. The van der Waals surface area contributed by atoms with Crippen molar-refractivity contribution in [2.45, 2.75) is 70.0 Å². The first-order valence-corrected chi connectivity index (χ1v) is 13.0. The number of nitrogens with zero attached hydrogens (tertiary/aromatic N) is 3. The van der Waals surface area contributed by atoms with Gasteiger partial charge in [0.25, 0.3) is 5.91 Å². The molecular formula is C26H39ClN4O6. The van der Waals surface area contributed by atoms with E-state index in [2.05, 4.69) is 5.32 Å². The van der Waals surface area contributed by atoms with Gasteiger partial charge in [-0.05, 0) is 36.5 Å². The Morgan fingerprint density at radius 1 is 1.14 bits per heavy atom. The third-order valence-electron chi connectivity index (χ3n) is 6.79. The SMILES string of the molecule is CON(C)C(=O)[C@H](CCC(=O)N(C)C)NC(=O)[C@H](CC1CCCCC1)N(Cc1cccc(Cl)c1)C(=O)O. The molecule has 0 bridgehead atoms. The fourth-order valence-electron chi connectivity index (χ4n) is 4.58. The highest BCUT2D eigenvalue weighted by Crippen LogP contribution is 2.29. The molecule has 2 atom stereocenters. The number of carboxylic acid groups (broad SMARTS) is 1. The number of nitrogens with one attached hydrogen (secondary N) is 1. The maximum absolute atomic E-state index is 13.7.